The van der Waals surface area contributed by atoms with E-state index in [0.717, 1.165) is 10.0 Å². The minimum Gasteiger partial charge on any atom is -0.398 e. The molecule has 0 spiro atoms. The standard InChI is InChI=1S/C13H13BrN2OS/c1-8(10-4-5-18-7-10)16-13(17)9-2-3-12(15)11(14)6-9/h2-8H,15H2,1H3,(H,16,17). The number of anilines is 1. The summed E-state index contributed by atoms with van der Waals surface area (Å²) in [5.74, 6) is -0.102. The highest BCUT2D eigenvalue weighted by molar-refractivity contribution is 9.10. The van der Waals surface area contributed by atoms with Gasteiger partial charge in [0.2, 0.25) is 0 Å². The quantitative estimate of drug-likeness (QED) is 0.848. The van der Waals surface area contributed by atoms with Gasteiger partial charge in [-0.1, -0.05) is 0 Å². The second-order valence-corrected chi connectivity index (χ2v) is 5.62. The third kappa shape index (κ3) is 2.91. The van der Waals surface area contributed by atoms with E-state index < -0.39 is 0 Å². The highest BCUT2D eigenvalue weighted by atomic mass is 79.9. The molecule has 0 fully saturated rings. The Bertz CT molecular complexity index is 554. The van der Waals surface area contributed by atoms with Crippen molar-refractivity contribution in [2.45, 2.75) is 13.0 Å². The van der Waals surface area contributed by atoms with Gasteiger partial charge in [0.05, 0.1) is 6.04 Å². The average molecular weight is 325 g/mol. The zero-order valence-electron chi connectivity index (χ0n) is 9.81. The molecule has 3 nitrogen and oxygen atoms in total. The number of carbonyl (C=O) groups excluding carboxylic acids is 1. The summed E-state index contributed by atoms with van der Waals surface area (Å²) in [6, 6.07) is 7.17. The van der Waals surface area contributed by atoms with E-state index in [4.69, 9.17) is 5.73 Å². The second kappa shape index (κ2) is 5.54. The molecule has 94 valence electrons. The number of thiophene rings is 1. The molecule has 1 unspecified atom stereocenters. The lowest BCUT2D eigenvalue weighted by Crippen LogP contribution is -2.26. The van der Waals surface area contributed by atoms with Gasteiger partial charge in [0.25, 0.3) is 5.91 Å². The molecule has 0 saturated heterocycles. The van der Waals surface area contributed by atoms with Gasteiger partial charge in [0.15, 0.2) is 0 Å². The Morgan fingerprint density at radius 2 is 2.22 bits per heavy atom. The molecule has 0 bridgehead atoms. The molecule has 1 heterocycles. The van der Waals surface area contributed by atoms with Gasteiger partial charge in [-0.3, -0.25) is 4.79 Å². The second-order valence-electron chi connectivity index (χ2n) is 3.99. The van der Waals surface area contributed by atoms with E-state index in [1.165, 1.54) is 0 Å². The van der Waals surface area contributed by atoms with Crippen LogP contribution < -0.4 is 11.1 Å². The van der Waals surface area contributed by atoms with Crippen molar-refractivity contribution in [1.82, 2.24) is 5.32 Å². The van der Waals surface area contributed by atoms with Gasteiger partial charge in [0.1, 0.15) is 0 Å². The van der Waals surface area contributed by atoms with Crippen LogP contribution in [0.4, 0.5) is 5.69 Å². The summed E-state index contributed by atoms with van der Waals surface area (Å²) in [7, 11) is 0. The highest BCUT2D eigenvalue weighted by Crippen LogP contribution is 2.21. The molecular weight excluding hydrogens is 312 g/mol. The van der Waals surface area contributed by atoms with E-state index in [2.05, 4.69) is 21.2 Å². The van der Waals surface area contributed by atoms with Crippen LogP contribution in [0.3, 0.4) is 0 Å². The monoisotopic (exact) mass is 324 g/mol. The van der Waals surface area contributed by atoms with Crippen molar-refractivity contribution in [3.05, 3.63) is 50.6 Å². The van der Waals surface area contributed by atoms with Gasteiger partial charge in [-0.15, -0.1) is 0 Å². The molecule has 0 aliphatic rings. The Hall–Kier alpha value is -1.33. The van der Waals surface area contributed by atoms with Gasteiger partial charge in [0, 0.05) is 15.7 Å². The third-order valence-electron chi connectivity index (χ3n) is 2.65. The van der Waals surface area contributed by atoms with Crippen LogP contribution in [0.2, 0.25) is 0 Å². The van der Waals surface area contributed by atoms with Crippen molar-refractivity contribution in [3.8, 4) is 0 Å². The van der Waals surface area contributed by atoms with Crippen LogP contribution in [0, 0.1) is 0 Å². The summed E-state index contributed by atoms with van der Waals surface area (Å²) in [6.45, 7) is 1.96. The van der Waals surface area contributed by atoms with Crippen molar-refractivity contribution < 1.29 is 4.79 Å². The van der Waals surface area contributed by atoms with E-state index >= 15 is 0 Å². The average Bonchev–Trinajstić information content (AvgIpc) is 2.86. The molecule has 0 aliphatic carbocycles. The first kappa shape index (κ1) is 13.1. The zero-order chi connectivity index (χ0) is 13.1. The summed E-state index contributed by atoms with van der Waals surface area (Å²) in [4.78, 5) is 12.0. The van der Waals surface area contributed by atoms with Gasteiger partial charge < -0.3 is 11.1 Å². The minimum absolute atomic E-state index is 0.0000728. The number of hydrogen-bond donors (Lipinski definition) is 2. The molecule has 0 radical (unpaired) electrons. The smallest absolute Gasteiger partial charge is 0.251 e. The van der Waals surface area contributed by atoms with E-state index in [0.29, 0.717) is 11.3 Å². The topological polar surface area (TPSA) is 55.1 Å². The Morgan fingerprint density at radius 1 is 1.44 bits per heavy atom. The summed E-state index contributed by atoms with van der Waals surface area (Å²) in [5, 5.41) is 6.98. The molecule has 1 aromatic carbocycles. The molecule has 3 N–H and O–H groups in total. The van der Waals surface area contributed by atoms with Crippen LogP contribution >= 0.6 is 27.3 Å². The number of rotatable bonds is 3. The fraction of sp³-hybridized carbons (Fsp3) is 0.154. The number of nitrogens with two attached hydrogens (primary N) is 1. The molecule has 2 aromatic rings. The van der Waals surface area contributed by atoms with Gasteiger partial charge >= 0.3 is 0 Å². The van der Waals surface area contributed by atoms with E-state index in [-0.39, 0.29) is 11.9 Å². The molecule has 0 aliphatic heterocycles. The number of amides is 1. The lowest BCUT2D eigenvalue weighted by Gasteiger charge is -2.13. The fourth-order valence-corrected chi connectivity index (χ4v) is 2.69. The van der Waals surface area contributed by atoms with E-state index in [1.54, 1.807) is 29.5 Å². The van der Waals surface area contributed by atoms with Crippen LogP contribution in [0.15, 0.2) is 39.5 Å². The number of nitrogen functional groups attached to an aromatic ring is 1. The molecule has 0 saturated carbocycles. The normalized spacial score (nSPS) is 12.1. The molecule has 5 heteroatoms. The number of nitrogens with one attached hydrogen (secondary N) is 1. The molecule has 1 atom stereocenters. The van der Waals surface area contributed by atoms with Crippen molar-refractivity contribution >= 4 is 38.9 Å². The maximum absolute atomic E-state index is 12.0. The summed E-state index contributed by atoms with van der Waals surface area (Å²) in [5.41, 5.74) is 8.02. The highest BCUT2D eigenvalue weighted by Gasteiger charge is 2.12. The Balaban J connectivity index is 2.10. The first-order chi connectivity index (χ1) is 8.58. The number of halogens is 1. The van der Waals surface area contributed by atoms with Crippen molar-refractivity contribution in [2.75, 3.05) is 5.73 Å². The summed E-state index contributed by atoms with van der Waals surface area (Å²) < 4.78 is 0.735. The molecule has 2 rings (SSSR count). The predicted octanol–water partition coefficient (Wildman–Crippen LogP) is 3.58. The first-order valence-corrected chi connectivity index (χ1v) is 7.19. The van der Waals surface area contributed by atoms with Crippen LogP contribution in [0.1, 0.15) is 28.9 Å². The zero-order valence-corrected chi connectivity index (χ0v) is 12.2. The largest absolute Gasteiger partial charge is 0.398 e. The lowest BCUT2D eigenvalue weighted by atomic mass is 10.1. The van der Waals surface area contributed by atoms with Crippen LogP contribution in [-0.4, -0.2) is 5.91 Å². The van der Waals surface area contributed by atoms with Gasteiger partial charge in [-0.2, -0.15) is 11.3 Å². The van der Waals surface area contributed by atoms with Gasteiger partial charge in [-0.05, 0) is 63.4 Å². The van der Waals surface area contributed by atoms with Crippen LogP contribution in [0.5, 0.6) is 0 Å². The maximum Gasteiger partial charge on any atom is 0.251 e. The first-order valence-electron chi connectivity index (χ1n) is 5.46. The Morgan fingerprint density at radius 3 is 2.83 bits per heavy atom. The summed E-state index contributed by atoms with van der Waals surface area (Å²) in [6.07, 6.45) is 0. The fourth-order valence-electron chi connectivity index (χ4n) is 1.55. The Kier molecular flexibility index (Phi) is 4.04. The van der Waals surface area contributed by atoms with E-state index in [1.807, 2.05) is 23.8 Å². The van der Waals surface area contributed by atoms with Crippen molar-refractivity contribution in [3.63, 3.8) is 0 Å². The molecule has 18 heavy (non-hydrogen) atoms. The predicted molar refractivity (Wildman–Crippen MR) is 78.8 cm³/mol. The van der Waals surface area contributed by atoms with Crippen molar-refractivity contribution in [2.24, 2.45) is 0 Å². The molecule has 1 aromatic heterocycles. The Labute approximate surface area is 118 Å². The van der Waals surface area contributed by atoms with Crippen LogP contribution in [-0.2, 0) is 0 Å². The van der Waals surface area contributed by atoms with E-state index in [9.17, 15) is 4.79 Å². The molecular formula is C13H13BrN2OS. The number of carbonyl (C=O) groups is 1. The maximum atomic E-state index is 12.0. The summed E-state index contributed by atoms with van der Waals surface area (Å²) >= 11 is 4.94. The van der Waals surface area contributed by atoms with Crippen LogP contribution in [0.25, 0.3) is 0 Å². The lowest BCUT2D eigenvalue weighted by molar-refractivity contribution is 0.0940. The SMILES string of the molecule is CC(NC(=O)c1ccc(N)c(Br)c1)c1ccsc1. The molecule has 1 amide bonds. The number of hydrogen-bond acceptors (Lipinski definition) is 3. The van der Waals surface area contributed by atoms with Gasteiger partial charge in [-0.25, -0.2) is 0 Å². The number of benzene rings is 1. The van der Waals surface area contributed by atoms with Crippen molar-refractivity contribution in [1.29, 1.82) is 0 Å². The third-order valence-corrected chi connectivity index (χ3v) is 4.04. The minimum atomic E-state index is -0.102.